The summed E-state index contributed by atoms with van der Waals surface area (Å²) in [6.07, 6.45) is 0.666. The van der Waals surface area contributed by atoms with Gasteiger partial charge in [-0.25, -0.2) is 5.10 Å². The minimum absolute atomic E-state index is 0.219. The topological polar surface area (TPSA) is 55.0 Å². The molecule has 1 aromatic carbocycles. The van der Waals surface area contributed by atoms with Crippen LogP contribution in [-0.2, 0) is 6.42 Å². The second-order valence-corrected chi connectivity index (χ2v) is 4.42. The molecule has 4 nitrogen and oxygen atoms in total. The third-order valence-electron chi connectivity index (χ3n) is 2.36. The van der Waals surface area contributed by atoms with E-state index in [-0.39, 0.29) is 5.56 Å². The molecule has 0 saturated carbocycles. The highest BCUT2D eigenvalue weighted by Gasteiger charge is 2.02. The summed E-state index contributed by atoms with van der Waals surface area (Å²) in [6, 6.07) is 9.47. The van der Waals surface area contributed by atoms with Crippen molar-refractivity contribution in [1.82, 2.24) is 10.2 Å². The Balaban J connectivity index is 2.19. The molecule has 1 aromatic heterocycles. The van der Waals surface area contributed by atoms with Gasteiger partial charge in [-0.15, -0.1) is 0 Å². The van der Waals surface area contributed by atoms with E-state index in [1.54, 1.807) is 13.2 Å². The molecule has 0 atom stereocenters. The zero-order valence-electron chi connectivity index (χ0n) is 9.24. The second-order valence-electron chi connectivity index (χ2n) is 3.56. The maximum Gasteiger partial charge on any atom is 0.278 e. The van der Waals surface area contributed by atoms with Crippen molar-refractivity contribution in [3.63, 3.8) is 0 Å². The van der Waals surface area contributed by atoms with Crippen LogP contribution in [0.25, 0.3) is 0 Å². The maximum atomic E-state index is 11.1. The number of nitrogens with one attached hydrogen (secondary N) is 1. The van der Waals surface area contributed by atoms with Crippen LogP contribution < -0.4 is 10.3 Å². The van der Waals surface area contributed by atoms with Crippen molar-refractivity contribution in [1.29, 1.82) is 0 Å². The number of H-pyrrole nitrogens is 1. The number of methoxy groups -OCH3 is 1. The lowest BCUT2D eigenvalue weighted by Crippen LogP contribution is -2.10. The Morgan fingerprint density at radius 2 is 2.06 bits per heavy atom. The lowest BCUT2D eigenvalue weighted by atomic mass is 10.1. The second kappa shape index (κ2) is 5.14. The third-order valence-corrected chi connectivity index (χ3v) is 2.94. The summed E-state index contributed by atoms with van der Waals surface area (Å²) in [7, 11) is 1.63. The summed E-state index contributed by atoms with van der Waals surface area (Å²) in [5.74, 6) is 0.823. The minimum Gasteiger partial charge on any atom is -0.497 e. The lowest BCUT2D eigenvalue weighted by Gasteiger charge is -2.03. The first-order valence-corrected chi connectivity index (χ1v) is 5.85. The SMILES string of the molecule is COc1ccc(Cc2cc(Br)c(=O)[nH]n2)cc1. The van der Waals surface area contributed by atoms with E-state index in [0.29, 0.717) is 10.9 Å². The number of rotatable bonds is 3. The Morgan fingerprint density at radius 3 is 2.65 bits per heavy atom. The van der Waals surface area contributed by atoms with Gasteiger partial charge < -0.3 is 4.74 Å². The molecular weight excluding hydrogens is 284 g/mol. The molecule has 0 unspecified atom stereocenters. The quantitative estimate of drug-likeness (QED) is 0.943. The van der Waals surface area contributed by atoms with Crippen molar-refractivity contribution in [3.8, 4) is 5.75 Å². The summed E-state index contributed by atoms with van der Waals surface area (Å²) in [6.45, 7) is 0. The van der Waals surface area contributed by atoms with E-state index in [0.717, 1.165) is 17.0 Å². The van der Waals surface area contributed by atoms with Gasteiger partial charge in [0.15, 0.2) is 0 Å². The Hall–Kier alpha value is -1.62. The summed E-state index contributed by atoms with van der Waals surface area (Å²) >= 11 is 3.18. The molecule has 0 aliphatic rings. The van der Waals surface area contributed by atoms with Gasteiger partial charge in [-0.1, -0.05) is 12.1 Å². The van der Waals surface area contributed by atoms with Crippen molar-refractivity contribution in [3.05, 3.63) is 56.4 Å². The number of aromatic nitrogens is 2. The smallest absolute Gasteiger partial charge is 0.278 e. The molecule has 5 heteroatoms. The average molecular weight is 295 g/mol. The molecule has 88 valence electrons. The summed E-state index contributed by atoms with van der Waals surface area (Å²) in [4.78, 5) is 11.1. The van der Waals surface area contributed by atoms with Gasteiger partial charge in [0.05, 0.1) is 17.3 Å². The van der Waals surface area contributed by atoms with Crippen LogP contribution in [0.4, 0.5) is 0 Å². The van der Waals surface area contributed by atoms with Crippen LogP contribution in [-0.4, -0.2) is 17.3 Å². The van der Waals surface area contributed by atoms with E-state index >= 15 is 0 Å². The van der Waals surface area contributed by atoms with Crippen LogP contribution in [0, 0.1) is 0 Å². The van der Waals surface area contributed by atoms with Crippen molar-refractivity contribution in [2.24, 2.45) is 0 Å². The first-order valence-electron chi connectivity index (χ1n) is 5.06. The zero-order valence-corrected chi connectivity index (χ0v) is 10.8. The number of halogens is 1. The van der Waals surface area contributed by atoms with E-state index in [4.69, 9.17) is 4.74 Å². The van der Waals surface area contributed by atoms with Crippen LogP contribution in [0.5, 0.6) is 5.75 Å². The van der Waals surface area contributed by atoms with Crippen molar-refractivity contribution in [2.45, 2.75) is 6.42 Å². The molecule has 0 radical (unpaired) electrons. The molecule has 0 spiro atoms. The predicted octanol–water partition coefficient (Wildman–Crippen LogP) is 2.13. The van der Waals surface area contributed by atoms with Crippen molar-refractivity contribution in [2.75, 3.05) is 7.11 Å². The molecule has 0 saturated heterocycles. The van der Waals surface area contributed by atoms with E-state index in [1.807, 2.05) is 24.3 Å². The molecular formula is C12H11BrN2O2. The predicted molar refractivity (Wildman–Crippen MR) is 68.4 cm³/mol. The number of hydrogen-bond donors (Lipinski definition) is 1. The van der Waals surface area contributed by atoms with E-state index < -0.39 is 0 Å². The standard InChI is InChI=1S/C12H11BrN2O2/c1-17-10-4-2-8(3-5-10)6-9-7-11(13)12(16)15-14-9/h2-5,7H,6H2,1H3,(H,15,16). The van der Waals surface area contributed by atoms with Crippen LogP contribution in [0.3, 0.4) is 0 Å². The number of benzene rings is 1. The minimum atomic E-state index is -0.219. The Kier molecular flexibility index (Phi) is 3.58. The molecule has 0 aliphatic heterocycles. The van der Waals surface area contributed by atoms with Crippen LogP contribution in [0.1, 0.15) is 11.3 Å². The Bertz CT molecular complexity index is 563. The largest absolute Gasteiger partial charge is 0.497 e. The number of nitrogens with zero attached hydrogens (tertiary/aromatic N) is 1. The fraction of sp³-hybridized carbons (Fsp3) is 0.167. The monoisotopic (exact) mass is 294 g/mol. The van der Waals surface area contributed by atoms with E-state index in [1.165, 1.54) is 0 Å². The highest BCUT2D eigenvalue weighted by atomic mass is 79.9. The maximum absolute atomic E-state index is 11.1. The van der Waals surface area contributed by atoms with Gasteiger partial charge in [-0.05, 0) is 39.7 Å². The van der Waals surface area contributed by atoms with Crippen LogP contribution >= 0.6 is 15.9 Å². The highest BCUT2D eigenvalue weighted by Crippen LogP contribution is 2.14. The molecule has 0 amide bonds. The fourth-order valence-corrected chi connectivity index (χ4v) is 1.82. The third kappa shape index (κ3) is 2.94. The van der Waals surface area contributed by atoms with Gasteiger partial charge in [-0.3, -0.25) is 4.79 Å². The van der Waals surface area contributed by atoms with Crippen LogP contribution in [0.15, 0.2) is 39.6 Å². The van der Waals surface area contributed by atoms with Gasteiger partial charge in [0.2, 0.25) is 0 Å². The van der Waals surface area contributed by atoms with Gasteiger partial charge in [-0.2, -0.15) is 5.10 Å². The Labute approximate surface area is 107 Å². The molecule has 2 aromatic rings. The Morgan fingerprint density at radius 1 is 1.35 bits per heavy atom. The molecule has 0 bridgehead atoms. The first kappa shape index (κ1) is 11.9. The zero-order chi connectivity index (χ0) is 12.3. The van der Waals surface area contributed by atoms with Gasteiger partial charge in [0.25, 0.3) is 5.56 Å². The van der Waals surface area contributed by atoms with E-state index in [9.17, 15) is 4.79 Å². The first-order chi connectivity index (χ1) is 8.19. The summed E-state index contributed by atoms with van der Waals surface area (Å²) < 4.78 is 5.58. The van der Waals surface area contributed by atoms with Crippen molar-refractivity contribution >= 4 is 15.9 Å². The summed E-state index contributed by atoms with van der Waals surface area (Å²) in [5.41, 5.74) is 1.70. The molecule has 0 aliphatic carbocycles. The summed E-state index contributed by atoms with van der Waals surface area (Å²) in [5, 5.41) is 6.41. The molecule has 1 heterocycles. The van der Waals surface area contributed by atoms with Gasteiger partial charge >= 0.3 is 0 Å². The fourth-order valence-electron chi connectivity index (χ4n) is 1.46. The van der Waals surface area contributed by atoms with Gasteiger partial charge in [0, 0.05) is 6.42 Å². The number of aromatic amines is 1. The highest BCUT2D eigenvalue weighted by molar-refractivity contribution is 9.10. The molecule has 17 heavy (non-hydrogen) atoms. The van der Waals surface area contributed by atoms with Crippen molar-refractivity contribution < 1.29 is 4.74 Å². The molecule has 2 rings (SSSR count). The molecule has 1 N–H and O–H groups in total. The number of ether oxygens (including phenoxy) is 1. The normalized spacial score (nSPS) is 10.2. The van der Waals surface area contributed by atoms with Crippen LogP contribution in [0.2, 0.25) is 0 Å². The average Bonchev–Trinajstić information content (AvgIpc) is 2.35. The number of hydrogen-bond acceptors (Lipinski definition) is 3. The molecule has 0 fully saturated rings. The lowest BCUT2D eigenvalue weighted by molar-refractivity contribution is 0.414. The van der Waals surface area contributed by atoms with E-state index in [2.05, 4.69) is 26.1 Å². The van der Waals surface area contributed by atoms with Gasteiger partial charge in [0.1, 0.15) is 5.75 Å².